The van der Waals surface area contributed by atoms with Gasteiger partial charge in [-0.05, 0) is 17.5 Å². The summed E-state index contributed by atoms with van der Waals surface area (Å²) in [6, 6.07) is 6.83. The lowest BCUT2D eigenvalue weighted by Crippen LogP contribution is -2.39. The van der Waals surface area contributed by atoms with Crippen molar-refractivity contribution in [3.8, 4) is 0 Å². The number of imide groups is 1. The Kier molecular flexibility index (Phi) is 3.08. The Hall–Kier alpha value is -2.17. The van der Waals surface area contributed by atoms with Gasteiger partial charge in [-0.25, -0.2) is 0 Å². The highest BCUT2D eigenvalue weighted by atomic mass is 16.2. The van der Waals surface area contributed by atoms with Crippen LogP contribution in [0.1, 0.15) is 41.0 Å². The SMILES string of the molecule is CC1(C)CC(=O)N(CCN2C(=O)c3ccccc3C2=O)C1. The van der Waals surface area contributed by atoms with Crippen molar-refractivity contribution < 1.29 is 14.4 Å². The molecule has 3 amide bonds. The molecule has 0 bridgehead atoms. The van der Waals surface area contributed by atoms with E-state index in [-0.39, 0.29) is 29.7 Å². The Labute approximate surface area is 123 Å². The molecule has 1 aromatic carbocycles. The third-order valence-electron chi connectivity index (χ3n) is 4.07. The van der Waals surface area contributed by atoms with E-state index in [1.807, 2.05) is 13.8 Å². The number of likely N-dealkylation sites (tertiary alicyclic amines) is 1. The van der Waals surface area contributed by atoms with Gasteiger partial charge in [0.1, 0.15) is 0 Å². The van der Waals surface area contributed by atoms with Crippen molar-refractivity contribution in [3.05, 3.63) is 35.4 Å². The number of benzene rings is 1. The fourth-order valence-corrected chi connectivity index (χ4v) is 3.05. The molecule has 1 fully saturated rings. The Morgan fingerprint density at radius 1 is 1.00 bits per heavy atom. The zero-order chi connectivity index (χ0) is 15.2. The summed E-state index contributed by atoms with van der Waals surface area (Å²) in [5.41, 5.74) is 0.880. The first kappa shape index (κ1) is 13.8. The van der Waals surface area contributed by atoms with E-state index in [0.717, 1.165) is 0 Å². The summed E-state index contributed by atoms with van der Waals surface area (Å²) in [6.45, 7) is 5.44. The molecule has 5 heteroatoms. The fraction of sp³-hybridized carbons (Fsp3) is 0.438. The lowest BCUT2D eigenvalue weighted by molar-refractivity contribution is -0.127. The minimum Gasteiger partial charge on any atom is -0.340 e. The number of fused-ring (bicyclic) bond motifs is 1. The van der Waals surface area contributed by atoms with E-state index in [1.54, 1.807) is 29.2 Å². The van der Waals surface area contributed by atoms with E-state index >= 15 is 0 Å². The number of carbonyl (C=O) groups excluding carboxylic acids is 3. The average molecular weight is 286 g/mol. The largest absolute Gasteiger partial charge is 0.340 e. The van der Waals surface area contributed by atoms with E-state index in [0.29, 0.717) is 30.6 Å². The van der Waals surface area contributed by atoms with Crippen molar-refractivity contribution in [2.24, 2.45) is 5.41 Å². The number of hydrogen-bond acceptors (Lipinski definition) is 3. The standard InChI is InChI=1S/C16H18N2O3/c1-16(2)9-13(19)17(10-16)7-8-18-14(20)11-5-3-4-6-12(11)15(18)21/h3-6H,7-10H2,1-2H3. The molecule has 0 N–H and O–H groups in total. The van der Waals surface area contributed by atoms with Crippen LogP contribution in [0.2, 0.25) is 0 Å². The molecule has 0 aliphatic carbocycles. The molecule has 0 unspecified atom stereocenters. The summed E-state index contributed by atoms with van der Waals surface area (Å²) in [5.74, 6) is -0.431. The van der Waals surface area contributed by atoms with Crippen LogP contribution in [0.15, 0.2) is 24.3 Å². The summed E-state index contributed by atoms with van der Waals surface area (Å²) >= 11 is 0. The number of rotatable bonds is 3. The van der Waals surface area contributed by atoms with Crippen molar-refractivity contribution in [1.82, 2.24) is 9.80 Å². The van der Waals surface area contributed by atoms with E-state index in [9.17, 15) is 14.4 Å². The van der Waals surface area contributed by atoms with Gasteiger partial charge in [0, 0.05) is 26.1 Å². The van der Waals surface area contributed by atoms with Gasteiger partial charge in [0.15, 0.2) is 0 Å². The Bertz CT molecular complexity index is 601. The minimum absolute atomic E-state index is 0.0287. The second-order valence-electron chi connectivity index (χ2n) is 6.46. The monoisotopic (exact) mass is 286 g/mol. The van der Waals surface area contributed by atoms with Gasteiger partial charge >= 0.3 is 0 Å². The summed E-state index contributed by atoms with van der Waals surface area (Å²) in [4.78, 5) is 39.3. The molecule has 0 radical (unpaired) electrons. The highest BCUT2D eigenvalue weighted by Gasteiger charge is 2.38. The third-order valence-corrected chi connectivity index (χ3v) is 4.07. The topological polar surface area (TPSA) is 57.7 Å². The molecule has 1 aromatic rings. The maximum Gasteiger partial charge on any atom is 0.261 e. The fourth-order valence-electron chi connectivity index (χ4n) is 3.05. The van der Waals surface area contributed by atoms with Gasteiger partial charge < -0.3 is 4.90 Å². The minimum atomic E-state index is -0.262. The molecular weight excluding hydrogens is 268 g/mol. The molecule has 0 aromatic heterocycles. The molecular formula is C16H18N2O3. The third kappa shape index (κ3) is 2.33. The summed E-state index contributed by atoms with van der Waals surface area (Å²) < 4.78 is 0. The Balaban J connectivity index is 1.69. The quantitative estimate of drug-likeness (QED) is 0.792. The van der Waals surface area contributed by atoms with Crippen molar-refractivity contribution in [1.29, 1.82) is 0 Å². The van der Waals surface area contributed by atoms with Crippen LogP contribution in [0.5, 0.6) is 0 Å². The Morgan fingerprint density at radius 3 is 2.05 bits per heavy atom. The molecule has 1 saturated heterocycles. The molecule has 0 atom stereocenters. The highest BCUT2D eigenvalue weighted by Crippen LogP contribution is 2.30. The predicted octanol–water partition coefficient (Wildman–Crippen LogP) is 1.54. The van der Waals surface area contributed by atoms with Crippen LogP contribution in [0.25, 0.3) is 0 Å². The van der Waals surface area contributed by atoms with E-state index in [4.69, 9.17) is 0 Å². The van der Waals surface area contributed by atoms with Crippen LogP contribution in [0.4, 0.5) is 0 Å². The smallest absolute Gasteiger partial charge is 0.261 e. The first-order chi connectivity index (χ1) is 9.89. The molecule has 21 heavy (non-hydrogen) atoms. The van der Waals surface area contributed by atoms with Gasteiger partial charge in [0.2, 0.25) is 5.91 Å². The second-order valence-corrected chi connectivity index (χ2v) is 6.46. The number of amides is 3. The average Bonchev–Trinajstić information content (AvgIpc) is 2.83. The first-order valence-corrected chi connectivity index (χ1v) is 7.12. The Morgan fingerprint density at radius 2 is 1.57 bits per heavy atom. The lowest BCUT2D eigenvalue weighted by atomic mass is 9.93. The molecule has 2 aliphatic heterocycles. The van der Waals surface area contributed by atoms with Gasteiger partial charge in [-0.3, -0.25) is 19.3 Å². The predicted molar refractivity (Wildman–Crippen MR) is 76.8 cm³/mol. The molecule has 2 heterocycles. The maximum absolute atomic E-state index is 12.2. The van der Waals surface area contributed by atoms with Crippen LogP contribution < -0.4 is 0 Å². The van der Waals surface area contributed by atoms with Crippen molar-refractivity contribution in [3.63, 3.8) is 0 Å². The highest BCUT2D eigenvalue weighted by molar-refractivity contribution is 6.21. The normalized spacial score (nSPS) is 20.4. The second kappa shape index (κ2) is 4.69. The molecule has 0 spiro atoms. The van der Waals surface area contributed by atoms with E-state index in [1.165, 1.54) is 4.90 Å². The van der Waals surface area contributed by atoms with Crippen LogP contribution in [-0.4, -0.2) is 47.2 Å². The van der Waals surface area contributed by atoms with Crippen LogP contribution in [0.3, 0.4) is 0 Å². The number of hydrogen-bond donors (Lipinski definition) is 0. The zero-order valence-electron chi connectivity index (χ0n) is 12.3. The molecule has 0 saturated carbocycles. The van der Waals surface area contributed by atoms with Crippen LogP contribution in [0, 0.1) is 5.41 Å². The van der Waals surface area contributed by atoms with Gasteiger partial charge in [0.05, 0.1) is 11.1 Å². The van der Waals surface area contributed by atoms with Crippen molar-refractivity contribution >= 4 is 17.7 Å². The van der Waals surface area contributed by atoms with Gasteiger partial charge in [-0.1, -0.05) is 26.0 Å². The van der Waals surface area contributed by atoms with Gasteiger partial charge in [-0.15, -0.1) is 0 Å². The van der Waals surface area contributed by atoms with E-state index in [2.05, 4.69) is 0 Å². The van der Waals surface area contributed by atoms with Gasteiger partial charge in [-0.2, -0.15) is 0 Å². The van der Waals surface area contributed by atoms with Crippen LogP contribution >= 0.6 is 0 Å². The molecule has 3 rings (SSSR count). The van der Waals surface area contributed by atoms with Crippen LogP contribution in [-0.2, 0) is 4.79 Å². The maximum atomic E-state index is 12.2. The summed E-state index contributed by atoms with van der Waals surface area (Å²) in [5, 5.41) is 0. The summed E-state index contributed by atoms with van der Waals surface area (Å²) in [6.07, 6.45) is 0.523. The first-order valence-electron chi connectivity index (χ1n) is 7.12. The molecule has 110 valence electrons. The summed E-state index contributed by atoms with van der Waals surface area (Å²) in [7, 11) is 0. The van der Waals surface area contributed by atoms with Crippen molar-refractivity contribution in [2.75, 3.05) is 19.6 Å². The molecule has 5 nitrogen and oxygen atoms in total. The molecule has 2 aliphatic rings. The number of carbonyl (C=O) groups is 3. The van der Waals surface area contributed by atoms with E-state index < -0.39 is 0 Å². The van der Waals surface area contributed by atoms with Gasteiger partial charge in [0.25, 0.3) is 11.8 Å². The number of nitrogens with zero attached hydrogens (tertiary/aromatic N) is 2. The van der Waals surface area contributed by atoms with Crippen molar-refractivity contribution in [2.45, 2.75) is 20.3 Å². The lowest BCUT2D eigenvalue weighted by Gasteiger charge is -2.22. The zero-order valence-corrected chi connectivity index (χ0v) is 12.3.